The van der Waals surface area contributed by atoms with Crippen LogP contribution in [0, 0.1) is 17.1 Å². The summed E-state index contributed by atoms with van der Waals surface area (Å²) in [7, 11) is 0. The van der Waals surface area contributed by atoms with Crippen LogP contribution in [0.15, 0.2) is 35.7 Å². The van der Waals surface area contributed by atoms with Crippen molar-refractivity contribution in [1.82, 2.24) is 25.2 Å². The minimum absolute atomic E-state index is 0.00949. The van der Waals surface area contributed by atoms with Gasteiger partial charge in [0, 0.05) is 19.3 Å². The molecule has 12 nitrogen and oxygen atoms in total. The van der Waals surface area contributed by atoms with E-state index in [2.05, 4.69) is 30.9 Å². The van der Waals surface area contributed by atoms with E-state index in [9.17, 15) is 32.7 Å². The van der Waals surface area contributed by atoms with Crippen LogP contribution in [0.3, 0.4) is 0 Å². The van der Waals surface area contributed by atoms with Crippen molar-refractivity contribution in [3.05, 3.63) is 53.2 Å². The highest BCUT2D eigenvalue weighted by Gasteiger charge is 2.41. The van der Waals surface area contributed by atoms with Crippen molar-refractivity contribution in [1.29, 1.82) is 5.26 Å². The zero-order chi connectivity index (χ0) is 26.3. The predicted molar refractivity (Wildman–Crippen MR) is 120 cm³/mol. The summed E-state index contributed by atoms with van der Waals surface area (Å²) >= 11 is 0. The molecule has 37 heavy (non-hydrogen) atoms. The van der Waals surface area contributed by atoms with Crippen LogP contribution in [0.1, 0.15) is 21.6 Å². The quantitative estimate of drug-likeness (QED) is 0.429. The Bertz CT molecular complexity index is 1440. The van der Waals surface area contributed by atoms with Crippen LogP contribution >= 0.6 is 0 Å². The summed E-state index contributed by atoms with van der Waals surface area (Å²) in [6, 6.07) is 5.06. The van der Waals surface area contributed by atoms with Gasteiger partial charge in [-0.05, 0) is 18.2 Å². The number of β-amino-alcohol motifs (C(OH)–C–C–N with tert-alkyl or cyclic N) is 1. The molecular formula is C21H16F4N10O2. The summed E-state index contributed by atoms with van der Waals surface area (Å²) in [5.41, 5.74) is 0.547. The number of hydrogen-bond acceptors (Lipinski definition) is 10. The molecule has 16 heteroatoms. The average Bonchev–Trinajstić information content (AvgIpc) is 3.53. The van der Waals surface area contributed by atoms with Gasteiger partial charge in [0.2, 0.25) is 0 Å². The summed E-state index contributed by atoms with van der Waals surface area (Å²) in [5.74, 6) is -2.42. The number of rotatable bonds is 5. The van der Waals surface area contributed by atoms with Gasteiger partial charge in [0.05, 0.1) is 36.3 Å². The fraction of sp³-hybridized carbons (Fsp3) is 0.238. The highest BCUT2D eigenvalue weighted by Crippen LogP contribution is 2.34. The number of pyridine rings is 2. The van der Waals surface area contributed by atoms with E-state index in [1.807, 2.05) is 6.07 Å². The van der Waals surface area contributed by atoms with Crippen molar-refractivity contribution >= 4 is 29.4 Å². The molecule has 3 aromatic heterocycles. The monoisotopic (exact) mass is 516 g/mol. The first-order valence-electron chi connectivity index (χ1n) is 10.7. The first-order valence-corrected chi connectivity index (χ1v) is 10.7. The Morgan fingerprint density at radius 3 is 2.68 bits per heavy atom. The maximum absolute atomic E-state index is 14.2. The summed E-state index contributed by atoms with van der Waals surface area (Å²) < 4.78 is 56.8. The van der Waals surface area contributed by atoms with E-state index in [0.29, 0.717) is 17.4 Å². The molecule has 0 bridgehead atoms. The second-order valence-electron chi connectivity index (χ2n) is 7.98. The number of carbonyl (C=O) groups is 1. The number of amides is 1. The zero-order valence-electron chi connectivity index (χ0n) is 18.6. The Balaban J connectivity index is 1.46. The summed E-state index contributed by atoms with van der Waals surface area (Å²) in [6.07, 6.45) is -2.31. The van der Waals surface area contributed by atoms with Gasteiger partial charge in [0.1, 0.15) is 11.6 Å². The lowest BCUT2D eigenvalue weighted by Crippen LogP contribution is -2.51. The van der Waals surface area contributed by atoms with Gasteiger partial charge in [-0.15, -0.1) is 0 Å². The van der Waals surface area contributed by atoms with Gasteiger partial charge in [-0.2, -0.15) is 33.8 Å². The molecule has 5 heterocycles. The number of hydrazine groups is 1. The zero-order valence-corrected chi connectivity index (χ0v) is 18.6. The Hall–Kier alpha value is -4.62. The molecular weight excluding hydrogens is 500 g/mol. The molecule has 1 saturated heterocycles. The van der Waals surface area contributed by atoms with Crippen LogP contribution in [0.2, 0.25) is 0 Å². The van der Waals surface area contributed by atoms with Crippen LogP contribution < -0.4 is 20.8 Å². The molecule has 2 aliphatic heterocycles. The number of nitrogens with zero attached hydrogens (tertiary/aromatic N) is 8. The number of carbonyl (C=O) groups excluding carboxylic acids is 1. The van der Waals surface area contributed by atoms with Crippen molar-refractivity contribution in [2.24, 2.45) is 5.10 Å². The van der Waals surface area contributed by atoms with E-state index in [4.69, 9.17) is 0 Å². The summed E-state index contributed by atoms with van der Waals surface area (Å²) in [5, 5.41) is 30.1. The van der Waals surface area contributed by atoms with Gasteiger partial charge in [0.15, 0.2) is 29.0 Å². The second kappa shape index (κ2) is 9.11. The molecule has 0 radical (unpaired) electrons. The molecule has 0 aliphatic carbocycles. The third-order valence-electron chi connectivity index (χ3n) is 5.45. The molecule has 0 atom stereocenters. The number of nitrogens with one attached hydrogen (secondary N) is 2. The fourth-order valence-corrected chi connectivity index (χ4v) is 3.75. The number of hydrazone groups is 1. The molecule has 5 rings (SSSR count). The molecule has 1 fully saturated rings. The van der Waals surface area contributed by atoms with Crippen LogP contribution in [-0.4, -0.2) is 62.7 Å². The highest BCUT2D eigenvalue weighted by atomic mass is 19.4. The molecule has 1 amide bonds. The molecule has 0 saturated carbocycles. The number of nitriles is 1. The largest absolute Gasteiger partial charge is 0.434 e. The Morgan fingerprint density at radius 2 is 2.03 bits per heavy atom. The van der Waals surface area contributed by atoms with Gasteiger partial charge >= 0.3 is 6.18 Å². The standard InChI is InChI=1S/C21H16F4N10O2/c22-15-1-2-16(32-19(15)33-9-13(36)10-33)34-17(21(23,24)25)14(8-30-34)20(37)31-12-5-11(6-26)18(27-7-12)35-28-3-4-29-35/h1-3,5,7-8,13,29,36H,4,9-10H2,(H,31,37). The normalized spacial score (nSPS) is 15.6. The molecule has 2 aliphatic rings. The lowest BCUT2D eigenvalue weighted by Gasteiger charge is -2.37. The first-order chi connectivity index (χ1) is 17.7. The van der Waals surface area contributed by atoms with Gasteiger partial charge < -0.3 is 15.3 Å². The van der Waals surface area contributed by atoms with Crippen LogP contribution in [-0.2, 0) is 6.18 Å². The lowest BCUT2D eigenvalue weighted by molar-refractivity contribution is -0.143. The minimum atomic E-state index is -5.04. The molecule has 3 N–H and O–H groups in total. The topological polar surface area (TPSA) is 148 Å². The second-order valence-corrected chi connectivity index (χ2v) is 7.98. The third-order valence-corrected chi connectivity index (χ3v) is 5.45. The van der Waals surface area contributed by atoms with Gasteiger partial charge in [-0.25, -0.2) is 24.5 Å². The number of alkyl halides is 3. The van der Waals surface area contributed by atoms with Crippen LogP contribution in [0.25, 0.3) is 5.82 Å². The van der Waals surface area contributed by atoms with Crippen LogP contribution in [0.5, 0.6) is 0 Å². The fourth-order valence-electron chi connectivity index (χ4n) is 3.75. The number of halogens is 4. The molecule has 0 spiro atoms. The first kappa shape index (κ1) is 24.1. The van der Waals surface area contributed by atoms with Crippen molar-refractivity contribution in [3.8, 4) is 11.9 Å². The lowest BCUT2D eigenvalue weighted by atomic mass is 10.1. The SMILES string of the molecule is N#Cc1cc(NC(=O)c2cnn(-c3ccc(F)c(N4CC(O)C4)n3)c2C(F)(F)F)cnc1N1N=CCN1. The Kier molecular flexibility index (Phi) is 5.93. The summed E-state index contributed by atoms with van der Waals surface area (Å²) in [4.78, 5) is 22.2. The molecule has 0 unspecified atom stereocenters. The number of hydrogen-bond donors (Lipinski definition) is 3. The van der Waals surface area contributed by atoms with Crippen LogP contribution in [0.4, 0.5) is 34.9 Å². The molecule has 190 valence electrons. The van der Waals surface area contributed by atoms with E-state index in [0.717, 1.165) is 18.3 Å². The van der Waals surface area contributed by atoms with Gasteiger partial charge in [0.25, 0.3) is 5.91 Å². The van der Waals surface area contributed by atoms with Crippen molar-refractivity contribution in [3.63, 3.8) is 0 Å². The Labute approximate surface area is 205 Å². The third kappa shape index (κ3) is 4.52. The minimum Gasteiger partial charge on any atom is -0.389 e. The van der Waals surface area contributed by atoms with Crippen molar-refractivity contribution < 1.29 is 27.5 Å². The number of anilines is 3. The van der Waals surface area contributed by atoms with E-state index in [-0.39, 0.29) is 41.8 Å². The predicted octanol–water partition coefficient (Wildman–Crippen LogP) is 1.44. The van der Waals surface area contributed by atoms with Gasteiger partial charge in [-0.1, -0.05) is 0 Å². The smallest absolute Gasteiger partial charge is 0.389 e. The van der Waals surface area contributed by atoms with E-state index >= 15 is 0 Å². The molecule has 3 aromatic rings. The number of aliphatic hydroxyl groups is 1. The van der Waals surface area contributed by atoms with E-state index < -0.39 is 35.3 Å². The van der Waals surface area contributed by atoms with Gasteiger partial charge in [-0.3, -0.25) is 4.79 Å². The Morgan fingerprint density at radius 1 is 1.24 bits per heavy atom. The van der Waals surface area contributed by atoms with E-state index in [1.54, 1.807) is 6.21 Å². The van der Waals surface area contributed by atoms with Crippen molar-refractivity contribution in [2.75, 3.05) is 35.0 Å². The maximum Gasteiger partial charge on any atom is 0.434 e. The number of aliphatic hydroxyl groups excluding tert-OH is 1. The summed E-state index contributed by atoms with van der Waals surface area (Å²) in [6.45, 7) is 0.563. The maximum atomic E-state index is 14.2. The molecule has 0 aromatic carbocycles. The number of aromatic nitrogens is 4. The average molecular weight is 516 g/mol. The van der Waals surface area contributed by atoms with Crippen molar-refractivity contribution in [2.45, 2.75) is 12.3 Å². The highest BCUT2D eigenvalue weighted by molar-refractivity contribution is 6.05. The van der Waals surface area contributed by atoms with E-state index in [1.165, 1.54) is 16.1 Å².